The number of hydrogen-bond donors (Lipinski definition) is 1. The molecule has 0 saturated carbocycles. The summed E-state index contributed by atoms with van der Waals surface area (Å²) in [5.74, 6) is -0.902. The molecule has 22 heavy (non-hydrogen) atoms. The molecule has 1 aromatic rings. The Hall–Kier alpha value is -1.00. The van der Waals surface area contributed by atoms with Crippen molar-refractivity contribution in [2.45, 2.75) is 13.5 Å². The molecule has 0 atom stereocenters. The van der Waals surface area contributed by atoms with Crippen molar-refractivity contribution in [3.05, 3.63) is 21.4 Å². The zero-order valence-electron chi connectivity index (χ0n) is 12.9. The number of piperazine rings is 1. The Kier molecular flexibility index (Phi) is 5.23. The van der Waals surface area contributed by atoms with Crippen LogP contribution >= 0.6 is 11.3 Å². The van der Waals surface area contributed by atoms with E-state index in [0.717, 1.165) is 10.4 Å². The van der Waals surface area contributed by atoms with Crippen molar-refractivity contribution < 1.29 is 18.3 Å². The average Bonchev–Trinajstić information content (AvgIpc) is 2.81. The number of rotatable bonds is 5. The van der Waals surface area contributed by atoms with Crippen LogP contribution in [0.2, 0.25) is 0 Å². The van der Waals surface area contributed by atoms with Gasteiger partial charge in [-0.2, -0.15) is 17.0 Å². The predicted octanol–water partition coefficient (Wildman–Crippen LogP) is 0.679. The van der Waals surface area contributed by atoms with Crippen LogP contribution in [0.4, 0.5) is 0 Å². The van der Waals surface area contributed by atoms with E-state index < -0.39 is 16.2 Å². The highest BCUT2D eigenvalue weighted by Gasteiger charge is 2.28. The summed E-state index contributed by atoms with van der Waals surface area (Å²) in [5, 5.41) is 9.02. The first-order valence-electron chi connectivity index (χ1n) is 6.94. The summed E-state index contributed by atoms with van der Waals surface area (Å²) >= 11 is 1.28. The van der Waals surface area contributed by atoms with Gasteiger partial charge in [0.05, 0.1) is 0 Å². The van der Waals surface area contributed by atoms with Gasteiger partial charge < -0.3 is 5.11 Å². The Morgan fingerprint density at radius 2 is 1.91 bits per heavy atom. The third-order valence-electron chi connectivity index (χ3n) is 3.74. The van der Waals surface area contributed by atoms with Gasteiger partial charge in [0.15, 0.2) is 0 Å². The maximum absolute atomic E-state index is 12.1. The lowest BCUT2D eigenvalue weighted by Gasteiger charge is -2.35. The van der Waals surface area contributed by atoms with E-state index in [1.807, 2.05) is 6.92 Å². The Labute approximate surface area is 134 Å². The van der Waals surface area contributed by atoms with Crippen molar-refractivity contribution in [2.24, 2.45) is 0 Å². The van der Waals surface area contributed by atoms with Gasteiger partial charge in [-0.1, -0.05) is 0 Å². The molecule has 0 unspecified atom stereocenters. The van der Waals surface area contributed by atoms with Crippen molar-refractivity contribution in [1.29, 1.82) is 0 Å². The summed E-state index contributed by atoms with van der Waals surface area (Å²) in [7, 11) is -0.284. The number of carboxylic acids is 1. The van der Waals surface area contributed by atoms with Gasteiger partial charge in [-0.25, -0.2) is 4.79 Å². The molecule has 1 fully saturated rings. The van der Waals surface area contributed by atoms with E-state index in [4.69, 9.17) is 5.11 Å². The number of aromatic carboxylic acids is 1. The fourth-order valence-electron chi connectivity index (χ4n) is 2.37. The second-order valence-corrected chi connectivity index (χ2v) is 8.86. The van der Waals surface area contributed by atoms with Crippen LogP contribution in [0.25, 0.3) is 0 Å². The van der Waals surface area contributed by atoms with Crippen molar-refractivity contribution >= 4 is 27.5 Å². The molecular formula is C13H21N3O4S2. The second-order valence-electron chi connectivity index (χ2n) is 5.46. The first kappa shape index (κ1) is 17.4. The molecule has 0 aromatic carbocycles. The van der Waals surface area contributed by atoms with E-state index in [-0.39, 0.29) is 0 Å². The largest absolute Gasteiger partial charge is 0.477 e. The van der Waals surface area contributed by atoms with Crippen LogP contribution in [0, 0.1) is 6.92 Å². The summed E-state index contributed by atoms with van der Waals surface area (Å²) in [6.45, 7) is 4.77. The summed E-state index contributed by atoms with van der Waals surface area (Å²) in [6, 6.07) is 1.71. The van der Waals surface area contributed by atoms with E-state index in [1.54, 1.807) is 6.07 Å². The Balaban J connectivity index is 1.97. The molecule has 0 radical (unpaired) electrons. The van der Waals surface area contributed by atoms with Gasteiger partial charge in [0.1, 0.15) is 4.88 Å². The number of hydrogen-bond acceptors (Lipinski definition) is 5. The number of aryl methyl sites for hydroxylation is 1. The molecule has 7 nitrogen and oxygen atoms in total. The Morgan fingerprint density at radius 3 is 2.36 bits per heavy atom. The smallest absolute Gasteiger partial charge is 0.345 e. The van der Waals surface area contributed by atoms with Crippen LogP contribution in [0.5, 0.6) is 0 Å². The molecule has 124 valence electrons. The highest BCUT2D eigenvalue weighted by molar-refractivity contribution is 7.86. The van der Waals surface area contributed by atoms with Crippen molar-refractivity contribution in [3.63, 3.8) is 0 Å². The van der Waals surface area contributed by atoms with Gasteiger partial charge >= 0.3 is 5.97 Å². The number of carboxylic acid groups (broad SMARTS) is 1. The molecule has 1 N–H and O–H groups in total. The molecular weight excluding hydrogens is 326 g/mol. The van der Waals surface area contributed by atoms with Crippen molar-refractivity contribution in [1.82, 2.24) is 13.5 Å². The molecule has 1 saturated heterocycles. The molecule has 1 aliphatic heterocycles. The van der Waals surface area contributed by atoms with E-state index in [0.29, 0.717) is 37.6 Å². The molecule has 1 aliphatic rings. The lowest BCUT2D eigenvalue weighted by atomic mass is 10.2. The minimum Gasteiger partial charge on any atom is -0.477 e. The summed E-state index contributed by atoms with van der Waals surface area (Å²) in [4.78, 5) is 14.5. The van der Waals surface area contributed by atoms with Crippen molar-refractivity contribution in [3.8, 4) is 0 Å². The van der Waals surface area contributed by atoms with E-state index in [2.05, 4.69) is 4.90 Å². The Morgan fingerprint density at radius 1 is 1.32 bits per heavy atom. The molecule has 2 rings (SSSR count). The van der Waals surface area contributed by atoms with Crippen LogP contribution in [-0.2, 0) is 16.8 Å². The molecule has 9 heteroatoms. The van der Waals surface area contributed by atoms with Gasteiger partial charge in [-0.05, 0) is 18.6 Å². The van der Waals surface area contributed by atoms with Crippen molar-refractivity contribution in [2.75, 3.05) is 40.3 Å². The second kappa shape index (κ2) is 6.63. The number of carbonyl (C=O) groups is 1. The first-order chi connectivity index (χ1) is 10.2. The lowest BCUT2D eigenvalue weighted by molar-refractivity contribution is 0.0702. The fraction of sp³-hybridized carbons (Fsp3) is 0.615. The molecule has 0 bridgehead atoms. The van der Waals surface area contributed by atoms with Crippen LogP contribution in [0.15, 0.2) is 6.07 Å². The molecule has 0 aliphatic carbocycles. The van der Waals surface area contributed by atoms with Gasteiger partial charge in [-0.15, -0.1) is 11.3 Å². The fourth-order valence-corrected chi connectivity index (χ4v) is 4.33. The zero-order valence-corrected chi connectivity index (χ0v) is 14.6. The van der Waals surface area contributed by atoms with E-state index in [9.17, 15) is 13.2 Å². The third kappa shape index (κ3) is 3.66. The standard InChI is InChI=1S/C13H21N3O4S2/c1-10-11(8-12(21-10)13(17)18)9-15-4-6-16(7-5-15)22(19,20)14(2)3/h8H,4-7,9H2,1-3H3,(H,17,18). The monoisotopic (exact) mass is 347 g/mol. The van der Waals surface area contributed by atoms with Crippen LogP contribution in [-0.4, -0.2) is 73.3 Å². The highest BCUT2D eigenvalue weighted by atomic mass is 32.2. The summed E-state index contributed by atoms with van der Waals surface area (Å²) < 4.78 is 26.8. The minimum atomic E-state index is -3.35. The molecule has 1 aromatic heterocycles. The summed E-state index contributed by atoms with van der Waals surface area (Å²) in [6.07, 6.45) is 0. The zero-order chi connectivity index (χ0) is 16.5. The van der Waals surface area contributed by atoms with Gasteiger partial charge in [-0.3, -0.25) is 4.90 Å². The predicted molar refractivity (Wildman–Crippen MR) is 85.5 cm³/mol. The van der Waals surface area contributed by atoms with Crippen LogP contribution in [0.3, 0.4) is 0 Å². The normalized spacial score (nSPS) is 18.0. The lowest BCUT2D eigenvalue weighted by Crippen LogP contribution is -2.51. The van der Waals surface area contributed by atoms with Gasteiger partial charge in [0.25, 0.3) is 10.2 Å². The van der Waals surface area contributed by atoms with Gasteiger partial charge in [0.2, 0.25) is 0 Å². The SMILES string of the molecule is Cc1sc(C(=O)O)cc1CN1CCN(S(=O)(=O)N(C)C)CC1. The minimum absolute atomic E-state index is 0.348. The summed E-state index contributed by atoms with van der Waals surface area (Å²) in [5.41, 5.74) is 1.01. The maximum Gasteiger partial charge on any atom is 0.345 e. The average molecular weight is 347 g/mol. The quantitative estimate of drug-likeness (QED) is 0.847. The number of thiophene rings is 1. The molecule has 0 spiro atoms. The van der Waals surface area contributed by atoms with Crippen LogP contribution < -0.4 is 0 Å². The van der Waals surface area contributed by atoms with Gasteiger partial charge in [0, 0.05) is 51.7 Å². The first-order valence-corrected chi connectivity index (χ1v) is 9.15. The van der Waals surface area contributed by atoms with E-state index >= 15 is 0 Å². The maximum atomic E-state index is 12.1. The Bertz CT molecular complexity index is 646. The van der Waals surface area contributed by atoms with E-state index in [1.165, 1.54) is 34.0 Å². The molecule has 0 amide bonds. The number of nitrogens with zero attached hydrogens (tertiary/aromatic N) is 3. The molecule has 2 heterocycles. The topological polar surface area (TPSA) is 81.2 Å². The van der Waals surface area contributed by atoms with Crippen LogP contribution in [0.1, 0.15) is 20.1 Å². The highest BCUT2D eigenvalue weighted by Crippen LogP contribution is 2.23. The third-order valence-corrected chi connectivity index (χ3v) is 6.77.